The zero-order valence-corrected chi connectivity index (χ0v) is 25.2. The number of hydrogen-bond donors (Lipinski definition) is 1. The second kappa shape index (κ2) is 12.2. The molecule has 1 atom stereocenters. The van der Waals surface area contributed by atoms with Crippen LogP contribution in [0.25, 0.3) is 22.3 Å². The van der Waals surface area contributed by atoms with Gasteiger partial charge in [0.05, 0.1) is 50.8 Å². The van der Waals surface area contributed by atoms with Crippen molar-refractivity contribution in [3.05, 3.63) is 77.5 Å². The Balaban J connectivity index is 1.28. The van der Waals surface area contributed by atoms with E-state index >= 15 is 0 Å². The van der Waals surface area contributed by atoms with Crippen LogP contribution in [0.4, 0.5) is 5.69 Å². The maximum atomic E-state index is 13.4. The first kappa shape index (κ1) is 28.9. The van der Waals surface area contributed by atoms with E-state index in [0.717, 1.165) is 35.2 Å². The number of para-hydroxylation sites is 1. The lowest BCUT2D eigenvalue weighted by Gasteiger charge is -2.33. The molecule has 0 saturated carbocycles. The highest BCUT2D eigenvalue weighted by Gasteiger charge is 2.26. The molecule has 1 aliphatic heterocycles. The first-order valence-electron chi connectivity index (χ1n) is 14.1. The lowest BCUT2D eigenvalue weighted by Crippen LogP contribution is -2.36. The van der Waals surface area contributed by atoms with Gasteiger partial charge in [0.1, 0.15) is 6.17 Å². The topological polar surface area (TPSA) is 126 Å². The second-order valence-corrected chi connectivity index (χ2v) is 10.4. The first-order chi connectivity index (χ1) is 21.4. The third-order valence-corrected chi connectivity index (χ3v) is 7.90. The number of carbonyl (C=O) groups excluding carboxylic acids is 1. The van der Waals surface area contributed by atoms with Crippen molar-refractivity contribution in [1.82, 2.24) is 30.1 Å². The van der Waals surface area contributed by atoms with Crippen molar-refractivity contribution in [3.63, 3.8) is 0 Å². The molecule has 12 heteroatoms. The number of nitrogens with one attached hydrogen (secondary N) is 1. The molecule has 44 heavy (non-hydrogen) atoms. The average molecular weight is 596 g/mol. The Morgan fingerprint density at radius 3 is 2.32 bits per heavy atom. The molecule has 0 bridgehead atoms. The number of tetrazole rings is 1. The van der Waals surface area contributed by atoms with Gasteiger partial charge in [-0.2, -0.15) is 0 Å². The lowest BCUT2D eigenvalue weighted by molar-refractivity contribution is 0.102. The van der Waals surface area contributed by atoms with Crippen LogP contribution in [-0.2, 0) is 13.0 Å². The molecule has 1 amide bonds. The molecular weight excluding hydrogens is 562 g/mol. The van der Waals surface area contributed by atoms with Crippen LogP contribution in [0, 0.1) is 0 Å². The Kier molecular flexibility index (Phi) is 7.99. The average Bonchev–Trinajstić information content (AvgIpc) is 3.56. The summed E-state index contributed by atoms with van der Waals surface area (Å²) in [5.74, 6) is 2.33. The fourth-order valence-electron chi connectivity index (χ4n) is 5.42. The summed E-state index contributed by atoms with van der Waals surface area (Å²) in [6.45, 7) is 3.52. The highest BCUT2D eigenvalue weighted by Crippen LogP contribution is 2.38. The largest absolute Gasteiger partial charge is 0.493 e. The van der Waals surface area contributed by atoms with Gasteiger partial charge in [0, 0.05) is 30.7 Å². The number of amides is 1. The molecule has 3 heterocycles. The summed E-state index contributed by atoms with van der Waals surface area (Å²) in [6.07, 6.45) is 2.20. The number of ether oxygens (including phenoxy) is 4. The van der Waals surface area contributed by atoms with Crippen LogP contribution in [-0.4, -0.2) is 71.0 Å². The second-order valence-electron chi connectivity index (χ2n) is 10.4. The van der Waals surface area contributed by atoms with Crippen molar-refractivity contribution in [2.45, 2.75) is 26.1 Å². The minimum atomic E-state index is -0.337. The summed E-state index contributed by atoms with van der Waals surface area (Å²) in [5, 5.41) is 17.3. The van der Waals surface area contributed by atoms with Gasteiger partial charge >= 0.3 is 0 Å². The summed E-state index contributed by atoms with van der Waals surface area (Å²) in [7, 11) is 6.37. The van der Waals surface area contributed by atoms with Gasteiger partial charge in [-0.25, -0.2) is 0 Å². The monoisotopic (exact) mass is 595 g/mol. The highest BCUT2D eigenvalue weighted by atomic mass is 16.5. The van der Waals surface area contributed by atoms with E-state index in [9.17, 15) is 4.79 Å². The van der Waals surface area contributed by atoms with Gasteiger partial charge in [0.15, 0.2) is 23.0 Å². The maximum absolute atomic E-state index is 13.4. The molecule has 0 spiro atoms. The summed E-state index contributed by atoms with van der Waals surface area (Å²) >= 11 is 0. The number of hydrogen-bond acceptors (Lipinski definition) is 10. The molecule has 3 aromatic carbocycles. The number of pyridine rings is 1. The van der Waals surface area contributed by atoms with E-state index in [1.807, 2.05) is 43.3 Å². The number of benzene rings is 3. The number of nitrogens with zero attached hydrogens (tertiary/aromatic N) is 6. The minimum absolute atomic E-state index is 0.195. The highest BCUT2D eigenvalue weighted by molar-refractivity contribution is 6.07. The summed E-state index contributed by atoms with van der Waals surface area (Å²) in [6, 6.07) is 16.9. The van der Waals surface area contributed by atoms with E-state index in [-0.39, 0.29) is 12.1 Å². The van der Waals surface area contributed by atoms with Gasteiger partial charge in [0.25, 0.3) is 5.91 Å². The summed E-state index contributed by atoms with van der Waals surface area (Å²) < 4.78 is 22.1. The van der Waals surface area contributed by atoms with Gasteiger partial charge in [-0.15, -0.1) is 15.0 Å². The standard InChI is InChI=1S/C32H33N7O5/c1-19(38-11-10-20-13-27(41-2)28(42-3)14-23(20)18-38)39-36-31(35-37-39)24-15-29(43-4)30(44-5)16-26(24)34-32(40)22-12-21-8-6-7-9-25(21)33-17-22/h6-9,12-17,19H,10-11,18H2,1-5H3,(H,34,40). The van der Waals surface area contributed by atoms with Gasteiger partial charge in [0.2, 0.25) is 5.82 Å². The molecule has 0 fully saturated rings. The SMILES string of the molecule is COc1cc2c(cc1OC)CN(C(C)n1nnc(-c3cc(OC)c(OC)cc3NC(=O)c3cnc4ccccc4c3)n1)CC2. The normalized spacial score (nSPS) is 13.7. The lowest BCUT2D eigenvalue weighted by atomic mass is 9.98. The predicted molar refractivity (Wildman–Crippen MR) is 164 cm³/mol. The fourth-order valence-corrected chi connectivity index (χ4v) is 5.42. The molecular formula is C32H33N7O5. The van der Waals surface area contributed by atoms with Gasteiger partial charge in [-0.3, -0.25) is 14.7 Å². The van der Waals surface area contributed by atoms with Crippen molar-refractivity contribution in [2.24, 2.45) is 0 Å². The zero-order valence-electron chi connectivity index (χ0n) is 25.2. The molecule has 2 aromatic heterocycles. The molecule has 6 rings (SSSR count). The molecule has 1 unspecified atom stereocenters. The van der Waals surface area contributed by atoms with Gasteiger partial charge < -0.3 is 24.3 Å². The number of anilines is 1. The Morgan fingerprint density at radius 1 is 0.886 bits per heavy atom. The number of methoxy groups -OCH3 is 4. The smallest absolute Gasteiger partial charge is 0.257 e. The van der Waals surface area contributed by atoms with E-state index < -0.39 is 0 Å². The summed E-state index contributed by atoms with van der Waals surface area (Å²) in [5.41, 5.74) is 4.58. The van der Waals surface area contributed by atoms with Crippen LogP contribution in [0.1, 0.15) is 34.6 Å². The Bertz CT molecular complexity index is 1840. The number of aromatic nitrogens is 5. The van der Waals surface area contributed by atoms with Crippen LogP contribution in [0.5, 0.6) is 23.0 Å². The third-order valence-electron chi connectivity index (χ3n) is 7.90. The number of carbonyl (C=O) groups is 1. The quantitative estimate of drug-likeness (QED) is 0.255. The summed E-state index contributed by atoms with van der Waals surface area (Å²) in [4.78, 5) is 21.7. The van der Waals surface area contributed by atoms with Gasteiger partial charge in [-0.1, -0.05) is 18.2 Å². The molecule has 226 valence electrons. The van der Waals surface area contributed by atoms with Gasteiger partial charge in [-0.05, 0) is 60.0 Å². The molecule has 0 aliphatic carbocycles. The molecule has 0 radical (unpaired) electrons. The molecule has 1 aliphatic rings. The van der Waals surface area contributed by atoms with E-state index in [1.165, 1.54) is 12.7 Å². The molecule has 1 N–H and O–H groups in total. The van der Waals surface area contributed by atoms with E-state index in [0.29, 0.717) is 46.4 Å². The van der Waals surface area contributed by atoms with Crippen LogP contribution in [0.15, 0.2) is 60.8 Å². The molecule has 0 saturated heterocycles. The minimum Gasteiger partial charge on any atom is -0.493 e. The fraction of sp³-hybridized carbons (Fsp3) is 0.281. The van der Waals surface area contributed by atoms with Crippen molar-refractivity contribution >= 4 is 22.5 Å². The van der Waals surface area contributed by atoms with E-state index in [1.54, 1.807) is 50.5 Å². The number of fused-ring (bicyclic) bond motifs is 2. The van der Waals surface area contributed by atoms with Crippen LogP contribution in [0.3, 0.4) is 0 Å². The predicted octanol–water partition coefficient (Wildman–Crippen LogP) is 4.75. The molecule has 5 aromatic rings. The molecule has 12 nitrogen and oxygen atoms in total. The van der Waals surface area contributed by atoms with Crippen LogP contribution >= 0.6 is 0 Å². The number of rotatable bonds is 9. The van der Waals surface area contributed by atoms with E-state index in [4.69, 9.17) is 24.0 Å². The Labute approximate surface area is 254 Å². The maximum Gasteiger partial charge on any atom is 0.257 e. The van der Waals surface area contributed by atoms with Crippen molar-refractivity contribution in [1.29, 1.82) is 0 Å². The first-order valence-corrected chi connectivity index (χ1v) is 14.1. The third kappa shape index (κ3) is 5.47. The van der Waals surface area contributed by atoms with Crippen molar-refractivity contribution in [2.75, 3.05) is 40.3 Å². The van der Waals surface area contributed by atoms with Crippen molar-refractivity contribution in [3.8, 4) is 34.4 Å². The zero-order chi connectivity index (χ0) is 30.8. The van der Waals surface area contributed by atoms with Crippen molar-refractivity contribution < 1.29 is 23.7 Å². The van der Waals surface area contributed by atoms with Crippen LogP contribution in [0.2, 0.25) is 0 Å². The Morgan fingerprint density at radius 2 is 1.57 bits per heavy atom. The van der Waals surface area contributed by atoms with Crippen LogP contribution < -0.4 is 24.3 Å². The Hall–Kier alpha value is -5.23. The van der Waals surface area contributed by atoms with E-state index in [2.05, 4.69) is 25.5 Å².